The summed E-state index contributed by atoms with van der Waals surface area (Å²) in [6.45, 7) is 2.09. The molecule has 1 aromatic heterocycles. The summed E-state index contributed by atoms with van der Waals surface area (Å²) in [5.41, 5.74) is 0.264. The van der Waals surface area contributed by atoms with Crippen LogP contribution in [0.1, 0.15) is 55.8 Å². The Kier molecular flexibility index (Phi) is 3.91. The van der Waals surface area contributed by atoms with Gasteiger partial charge in [-0.05, 0) is 43.9 Å². The molecule has 2 bridgehead atoms. The van der Waals surface area contributed by atoms with Crippen LogP contribution in [0.15, 0.2) is 6.20 Å². The van der Waals surface area contributed by atoms with E-state index in [1.54, 1.807) is 7.05 Å². The highest BCUT2D eigenvalue weighted by molar-refractivity contribution is 5.96. The van der Waals surface area contributed by atoms with Crippen LogP contribution in [0.3, 0.4) is 0 Å². The van der Waals surface area contributed by atoms with Crippen molar-refractivity contribution in [2.75, 3.05) is 0 Å². The second kappa shape index (κ2) is 5.70. The molecule has 2 N–H and O–H groups in total. The minimum Gasteiger partial charge on any atom is -0.493 e. The van der Waals surface area contributed by atoms with Crippen LogP contribution in [0.25, 0.3) is 0 Å². The van der Waals surface area contributed by atoms with Gasteiger partial charge in [0.15, 0.2) is 0 Å². The fraction of sp³-hybridized carbons (Fsp3) is 0.750. The van der Waals surface area contributed by atoms with Crippen molar-refractivity contribution in [2.24, 2.45) is 24.8 Å². The normalized spacial score (nSPS) is 29.9. The third kappa shape index (κ3) is 2.92. The van der Waals surface area contributed by atoms with Crippen molar-refractivity contribution in [1.82, 2.24) is 15.1 Å². The van der Waals surface area contributed by atoms with E-state index in [0.29, 0.717) is 5.92 Å². The standard InChI is InChI=1S/C16H25N3O2/c1-10(13-7-11-4-3-5-12(6-11)8-13)18-15(20)14-9-17-19(2)16(14)21/h9-13,21H,3-8H2,1-2H3,(H,18,20). The molecule has 0 aromatic carbocycles. The first-order valence-corrected chi connectivity index (χ1v) is 8.06. The maximum absolute atomic E-state index is 12.3. The van der Waals surface area contributed by atoms with Crippen LogP contribution in [0.2, 0.25) is 0 Å². The van der Waals surface area contributed by atoms with Gasteiger partial charge in [0.1, 0.15) is 5.56 Å². The van der Waals surface area contributed by atoms with Gasteiger partial charge in [-0.2, -0.15) is 5.10 Å². The van der Waals surface area contributed by atoms with Crippen molar-refractivity contribution >= 4 is 5.91 Å². The molecule has 2 saturated carbocycles. The predicted octanol–water partition coefficient (Wildman–Crippen LogP) is 2.46. The number of fused-ring (bicyclic) bond motifs is 2. The number of nitrogens with one attached hydrogen (secondary N) is 1. The van der Waals surface area contributed by atoms with E-state index in [9.17, 15) is 9.90 Å². The van der Waals surface area contributed by atoms with Crippen LogP contribution in [0, 0.1) is 17.8 Å². The van der Waals surface area contributed by atoms with Gasteiger partial charge in [0.2, 0.25) is 5.88 Å². The summed E-state index contributed by atoms with van der Waals surface area (Å²) in [6, 6.07) is 0.153. The molecule has 0 aliphatic heterocycles. The zero-order valence-electron chi connectivity index (χ0n) is 12.9. The number of amides is 1. The van der Waals surface area contributed by atoms with E-state index < -0.39 is 0 Å². The van der Waals surface area contributed by atoms with Crippen LogP contribution in [0.5, 0.6) is 5.88 Å². The van der Waals surface area contributed by atoms with E-state index in [4.69, 9.17) is 0 Å². The topological polar surface area (TPSA) is 67.2 Å². The van der Waals surface area contributed by atoms with Crippen molar-refractivity contribution in [1.29, 1.82) is 0 Å². The first-order chi connectivity index (χ1) is 10.0. The molecule has 21 heavy (non-hydrogen) atoms. The molecule has 5 heteroatoms. The molecular formula is C16H25N3O2. The van der Waals surface area contributed by atoms with E-state index in [0.717, 1.165) is 11.8 Å². The SMILES string of the molecule is CC(NC(=O)c1cnn(C)c1O)C1CC2CCCC(C2)C1. The van der Waals surface area contributed by atoms with Gasteiger partial charge < -0.3 is 10.4 Å². The Hall–Kier alpha value is -1.52. The third-order valence-electron chi connectivity index (χ3n) is 5.38. The second-order valence-corrected chi connectivity index (χ2v) is 6.90. The fourth-order valence-electron chi connectivity index (χ4n) is 4.18. The molecule has 1 aromatic rings. The average Bonchev–Trinajstić information content (AvgIpc) is 2.78. The molecule has 116 valence electrons. The number of hydrogen-bond donors (Lipinski definition) is 2. The van der Waals surface area contributed by atoms with Crippen LogP contribution < -0.4 is 5.32 Å². The van der Waals surface area contributed by atoms with Gasteiger partial charge in [-0.25, -0.2) is 4.68 Å². The van der Waals surface area contributed by atoms with E-state index in [2.05, 4.69) is 17.3 Å². The minimum atomic E-state index is -0.219. The zero-order chi connectivity index (χ0) is 15.0. The van der Waals surface area contributed by atoms with Gasteiger partial charge in [0.05, 0.1) is 6.20 Å². The predicted molar refractivity (Wildman–Crippen MR) is 80.0 cm³/mol. The van der Waals surface area contributed by atoms with Crippen molar-refractivity contribution < 1.29 is 9.90 Å². The highest BCUT2D eigenvalue weighted by Gasteiger charge is 2.34. The van der Waals surface area contributed by atoms with E-state index >= 15 is 0 Å². The van der Waals surface area contributed by atoms with Crippen molar-refractivity contribution in [3.63, 3.8) is 0 Å². The lowest BCUT2D eigenvalue weighted by Gasteiger charge is -2.41. The lowest BCUT2D eigenvalue weighted by Crippen LogP contribution is -2.42. The molecule has 2 aliphatic rings. The summed E-state index contributed by atoms with van der Waals surface area (Å²) in [5.74, 6) is 1.99. The molecule has 2 aliphatic carbocycles. The van der Waals surface area contributed by atoms with Crippen LogP contribution in [0.4, 0.5) is 0 Å². The average molecular weight is 291 g/mol. The van der Waals surface area contributed by atoms with Crippen molar-refractivity contribution in [2.45, 2.75) is 51.5 Å². The van der Waals surface area contributed by atoms with E-state index in [-0.39, 0.29) is 23.4 Å². The number of hydrogen-bond acceptors (Lipinski definition) is 3. The van der Waals surface area contributed by atoms with E-state index in [1.807, 2.05) is 0 Å². The number of rotatable bonds is 3. The summed E-state index contributed by atoms with van der Waals surface area (Å²) in [4.78, 5) is 12.3. The van der Waals surface area contributed by atoms with Gasteiger partial charge in [0.25, 0.3) is 5.91 Å². The molecule has 0 spiro atoms. The maximum Gasteiger partial charge on any atom is 0.258 e. The second-order valence-electron chi connectivity index (χ2n) is 6.90. The Morgan fingerprint density at radius 2 is 2.05 bits per heavy atom. The van der Waals surface area contributed by atoms with Gasteiger partial charge in [-0.3, -0.25) is 4.79 Å². The van der Waals surface area contributed by atoms with Gasteiger partial charge in [0, 0.05) is 13.1 Å². The molecule has 3 unspecified atom stereocenters. The summed E-state index contributed by atoms with van der Waals surface area (Å²) in [6.07, 6.45) is 9.38. The number of aromatic hydroxyl groups is 1. The molecule has 1 heterocycles. The lowest BCUT2D eigenvalue weighted by molar-refractivity contribution is 0.0851. The fourth-order valence-corrected chi connectivity index (χ4v) is 4.18. The molecule has 0 radical (unpaired) electrons. The Morgan fingerprint density at radius 1 is 1.38 bits per heavy atom. The molecule has 3 rings (SSSR count). The summed E-state index contributed by atoms with van der Waals surface area (Å²) in [5, 5.41) is 16.8. The first kappa shape index (κ1) is 14.4. The largest absolute Gasteiger partial charge is 0.493 e. The zero-order valence-corrected chi connectivity index (χ0v) is 12.9. The molecule has 5 nitrogen and oxygen atoms in total. The number of carbonyl (C=O) groups is 1. The van der Waals surface area contributed by atoms with Gasteiger partial charge in [-0.15, -0.1) is 0 Å². The first-order valence-electron chi connectivity index (χ1n) is 8.06. The van der Waals surface area contributed by atoms with Crippen LogP contribution in [-0.4, -0.2) is 26.8 Å². The molecule has 2 fully saturated rings. The number of aryl methyl sites for hydroxylation is 1. The number of carbonyl (C=O) groups excluding carboxylic acids is 1. The molecule has 3 atom stereocenters. The van der Waals surface area contributed by atoms with E-state index in [1.165, 1.54) is 49.4 Å². The molecule has 0 saturated heterocycles. The monoisotopic (exact) mass is 291 g/mol. The maximum atomic E-state index is 12.3. The quantitative estimate of drug-likeness (QED) is 0.899. The highest BCUT2D eigenvalue weighted by atomic mass is 16.3. The Labute approximate surface area is 125 Å². The summed E-state index contributed by atoms with van der Waals surface area (Å²) >= 11 is 0. The minimum absolute atomic E-state index is 0.0692. The summed E-state index contributed by atoms with van der Waals surface area (Å²) < 4.78 is 1.31. The Bertz CT molecular complexity index is 514. The Balaban J connectivity index is 1.62. The van der Waals surface area contributed by atoms with Crippen LogP contribution in [-0.2, 0) is 7.05 Å². The molecule has 1 amide bonds. The summed E-state index contributed by atoms with van der Waals surface area (Å²) in [7, 11) is 1.62. The van der Waals surface area contributed by atoms with Gasteiger partial charge in [-0.1, -0.05) is 19.3 Å². The highest BCUT2D eigenvalue weighted by Crippen LogP contribution is 2.43. The number of nitrogens with zero attached hydrogens (tertiary/aromatic N) is 2. The Morgan fingerprint density at radius 3 is 2.62 bits per heavy atom. The third-order valence-corrected chi connectivity index (χ3v) is 5.38. The molecular weight excluding hydrogens is 266 g/mol. The van der Waals surface area contributed by atoms with Gasteiger partial charge >= 0.3 is 0 Å². The van der Waals surface area contributed by atoms with Crippen molar-refractivity contribution in [3.8, 4) is 5.88 Å². The van der Waals surface area contributed by atoms with Crippen LogP contribution >= 0.6 is 0 Å². The lowest BCUT2D eigenvalue weighted by atomic mass is 9.66. The van der Waals surface area contributed by atoms with Crippen molar-refractivity contribution in [3.05, 3.63) is 11.8 Å². The smallest absolute Gasteiger partial charge is 0.258 e. The number of aromatic nitrogens is 2.